The van der Waals surface area contributed by atoms with E-state index in [1.54, 1.807) is 12.1 Å². The van der Waals surface area contributed by atoms with Crippen LogP contribution in [0.2, 0.25) is 0 Å². The number of sulfonamides is 1. The highest BCUT2D eigenvalue weighted by Crippen LogP contribution is 2.17. The van der Waals surface area contributed by atoms with Crippen LogP contribution < -0.4 is 4.72 Å². The zero-order chi connectivity index (χ0) is 13.1. The lowest BCUT2D eigenvalue weighted by molar-refractivity contribution is 0.556. The molecule has 0 saturated heterocycles. The summed E-state index contributed by atoms with van der Waals surface area (Å²) in [5, 5.41) is 0. The lowest BCUT2D eigenvalue weighted by atomic mass is 10.0. The van der Waals surface area contributed by atoms with Gasteiger partial charge in [0.05, 0.1) is 4.90 Å². The van der Waals surface area contributed by atoms with Crippen molar-refractivity contribution in [1.29, 1.82) is 0 Å². The van der Waals surface area contributed by atoms with Crippen LogP contribution in [0.5, 0.6) is 0 Å². The molecule has 0 fully saturated rings. The molecule has 0 spiro atoms. The van der Waals surface area contributed by atoms with E-state index in [0.29, 0.717) is 10.8 Å². The van der Waals surface area contributed by atoms with Crippen LogP contribution in [0.4, 0.5) is 0 Å². The van der Waals surface area contributed by atoms with Gasteiger partial charge in [-0.25, -0.2) is 13.1 Å². The Hall–Kier alpha value is -0.870. The molecule has 96 valence electrons. The standard InChI is InChI=1S/C13H21NO2S/c1-5-11(4)14-17(15,16)13-8-6-12(7-9-13)10(2)3/h6-11,14H,5H2,1-4H3/t11-/m1/s1. The van der Waals surface area contributed by atoms with Crippen LogP contribution in [0.3, 0.4) is 0 Å². The average molecular weight is 255 g/mol. The van der Waals surface area contributed by atoms with E-state index in [2.05, 4.69) is 18.6 Å². The van der Waals surface area contributed by atoms with Gasteiger partial charge in [0.2, 0.25) is 10.0 Å². The Labute approximate surface area is 104 Å². The summed E-state index contributed by atoms with van der Waals surface area (Å²) in [6.07, 6.45) is 0.781. The maximum Gasteiger partial charge on any atom is 0.240 e. The Morgan fingerprint density at radius 1 is 1.12 bits per heavy atom. The zero-order valence-electron chi connectivity index (χ0n) is 10.9. The Balaban J connectivity index is 2.92. The molecule has 1 aromatic carbocycles. The molecular formula is C13H21NO2S. The van der Waals surface area contributed by atoms with Gasteiger partial charge < -0.3 is 0 Å². The molecule has 0 heterocycles. The molecular weight excluding hydrogens is 234 g/mol. The molecule has 0 aliphatic carbocycles. The Bertz CT molecular complexity index is 449. The fraction of sp³-hybridized carbons (Fsp3) is 0.538. The van der Waals surface area contributed by atoms with E-state index >= 15 is 0 Å². The summed E-state index contributed by atoms with van der Waals surface area (Å²) in [6.45, 7) is 7.98. The van der Waals surface area contributed by atoms with Crippen molar-refractivity contribution in [3.63, 3.8) is 0 Å². The van der Waals surface area contributed by atoms with Crippen molar-refractivity contribution >= 4 is 10.0 Å². The fourth-order valence-corrected chi connectivity index (χ4v) is 2.77. The number of hydrogen-bond donors (Lipinski definition) is 1. The first-order valence-electron chi connectivity index (χ1n) is 5.99. The maximum atomic E-state index is 12.0. The van der Waals surface area contributed by atoms with Gasteiger partial charge in [-0.3, -0.25) is 0 Å². The number of hydrogen-bond acceptors (Lipinski definition) is 2. The molecule has 0 unspecified atom stereocenters. The predicted molar refractivity (Wildman–Crippen MR) is 70.6 cm³/mol. The molecule has 1 N–H and O–H groups in total. The summed E-state index contributed by atoms with van der Waals surface area (Å²) < 4.78 is 26.6. The summed E-state index contributed by atoms with van der Waals surface area (Å²) in [5.41, 5.74) is 1.15. The van der Waals surface area contributed by atoms with Gasteiger partial charge in [0.25, 0.3) is 0 Å². The minimum atomic E-state index is -3.36. The van der Waals surface area contributed by atoms with Gasteiger partial charge in [-0.2, -0.15) is 0 Å². The highest BCUT2D eigenvalue weighted by atomic mass is 32.2. The Morgan fingerprint density at radius 2 is 1.65 bits per heavy atom. The molecule has 1 atom stereocenters. The smallest absolute Gasteiger partial charge is 0.208 e. The predicted octanol–water partition coefficient (Wildman–Crippen LogP) is 2.89. The van der Waals surface area contributed by atoms with Gasteiger partial charge in [-0.15, -0.1) is 0 Å². The van der Waals surface area contributed by atoms with Crippen molar-refractivity contribution in [2.24, 2.45) is 0 Å². The second-order valence-corrected chi connectivity index (χ2v) is 6.37. The largest absolute Gasteiger partial charge is 0.240 e. The maximum absolute atomic E-state index is 12.0. The third-order valence-electron chi connectivity index (χ3n) is 2.83. The van der Waals surface area contributed by atoms with Gasteiger partial charge in [0, 0.05) is 6.04 Å². The Kier molecular flexibility index (Phi) is 4.71. The van der Waals surface area contributed by atoms with E-state index in [1.807, 2.05) is 26.0 Å². The third kappa shape index (κ3) is 3.82. The molecule has 0 aliphatic rings. The first-order chi connectivity index (χ1) is 7.86. The lowest BCUT2D eigenvalue weighted by Crippen LogP contribution is -2.31. The van der Waals surface area contributed by atoms with E-state index in [9.17, 15) is 8.42 Å². The van der Waals surface area contributed by atoms with Crippen LogP contribution in [-0.4, -0.2) is 14.5 Å². The molecule has 0 saturated carbocycles. The quantitative estimate of drug-likeness (QED) is 0.879. The second-order valence-electron chi connectivity index (χ2n) is 4.65. The summed E-state index contributed by atoms with van der Waals surface area (Å²) >= 11 is 0. The number of nitrogens with one attached hydrogen (secondary N) is 1. The monoisotopic (exact) mass is 255 g/mol. The summed E-state index contributed by atoms with van der Waals surface area (Å²) in [6, 6.07) is 7.04. The topological polar surface area (TPSA) is 46.2 Å². The molecule has 0 bridgehead atoms. The number of benzene rings is 1. The third-order valence-corrected chi connectivity index (χ3v) is 4.43. The minimum absolute atomic E-state index is 0.0372. The SMILES string of the molecule is CC[C@@H](C)NS(=O)(=O)c1ccc(C(C)C)cc1. The molecule has 3 nitrogen and oxygen atoms in total. The number of rotatable bonds is 5. The van der Waals surface area contributed by atoms with Crippen LogP contribution in [0, 0.1) is 0 Å². The lowest BCUT2D eigenvalue weighted by Gasteiger charge is -2.13. The van der Waals surface area contributed by atoms with E-state index in [4.69, 9.17) is 0 Å². The van der Waals surface area contributed by atoms with Crippen molar-refractivity contribution in [3.8, 4) is 0 Å². The van der Waals surface area contributed by atoms with Crippen LogP contribution in [0.25, 0.3) is 0 Å². The van der Waals surface area contributed by atoms with Crippen molar-refractivity contribution in [1.82, 2.24) is 4.72 Å². The van der Waals surface area contributed by atoms with Gasteiger partial charge in [-0.05, 0) is 37.0 Å². The van der Waals surface area contributed by atoms with Crippen LogP contribution in [0.1, 0.15) is 45.6 Å². The molecule has 4 heteroatoms. The van der Waals surface area contributed by atoms with Gasteiger partial charge in [0.15, 0.2) is 0 Å². The van der Waals surface area contributed by atoms with E-state index < -0.39 is 10.0 Å². The molecule has 0 amide bonds. The van der Waals surface area contributed by atoms with Gasteiger partial charge >= 0.3 is 0 Å². The van der Waals surface area contributed by atoms with Crippen molar-refractivity contribution < 1.29 is 8.42 Å². The van der Waals surface area contributed by atoms with Gasteiger partial charge in [0.1, 0.15) is 0 Å². The van der Waals surface area contributed by atoms with E-state index in [-0.39, 0.29) is 6.04 Å². The average Bonchev–Trinajstić information content (AvgIpc) is 2.28. The first kappa shape index (κ1) is 14.2. The normalized spacial score (nSPS) is 13.9. The molecule has 1 rings (SSSR count). The van der Waals surface area contributed by atoms with E-state index in [0.717, 1.165) is 12.0 Å². The summed E-state index contributed by atoms with van der Waals surface area (Å²) in [5.74, 6) is 0.411. The zero-order valence-corrected chi connectivity index (χ0v) is 11.7. The van der Waals surface area contributed by atoms with Crippen LogP contribution in [-0.2, 0) is 10.0 Å². The first-order valence-corrected chi connectivity index (χ1v) is 7.47. The summed E-state index contributed by atoms with van der Waals surface area (Å²) in [7, 11) is -3.36. The molecule has 0 aliphatic heterocycles. The molecule has 1 aromatic rings. The molecule has 0 aromatic heterocycles. The van der Waals surface area contributed by atoms with Crippen LogP contribution in [0.15, 0.2) is 29.2 Å². The van der Waals surface area contributed by atoms with E-state index in [1.165, 1.54) is 0 Å². The van der Waals surface area contributed by atoms with Crippen molar-refractivity contribution in [3.05, 3.63) is 29.8 Å². The summed E-state index contributed by atoms with van der Waals surface area (Å²) in [4.78, 5) is 0.335. The highest BCUT2D eigenvalue weighted by Gasteiger charge is 2.16. The minimum Gasteiger partial charge on any atom is -0.208 e. The van der Waals surface area contributed by atoms with Crippen molar-refractivity contribution in [2.75, 3.05) is 0 Å². The highest BCUT2D eigenvalue weighted by molar-refractivity contribution is 7.89. The van der Waals surface area contributed by atoms with Gasteiger partial charge in [-0.1, -0.05) is 32.9 Å². The molecule has 0 radical (unpaired) electrons. The second kappa shape index (κ2) is 5.65. The Morgan fingerprint density at radius 3 is 2.06 bits per heavy atom. The molecule has 17 heavy (non-hydrogen) atoms. The van der Waals surface area contributed by atoms with Crippen molar-refractivity contribution in [2.45, 2.75) is 51.0 Å². The van der Waals surface area contributed by atoms with Crippen LogP contribution >= 0.6 is 0 Å². The fourth-order valence-electron chi connectivity index (χ4n) is 1.45.